The maximum absolute atomic E-state index is 10.3. The molecule has 0 amide bonds. The van der Waals surface area contributed by atoms with Gasteiger partial charge in [-0.25, -0.2) is 4.68 Å². The van der Waals surface area contributed by atoms with Crippen molar-refractivity contribution in [3.63, 3.8) is 0 Å². The van der Waals surface area contributed by atoms with Crippen molar-refractivity contribution in [1.29, 1.82) is 0 Å². The Kier molecular flexibility index (Phi) is 2.76. The second-order valence-electron chi connectivity index (χ2n) is 2.43. The highest BCUT2D eigenvalue weighted by atomic mass is 79.9. The van der Waals surface area contributed by atoms with E-state index in [4.69, 9.17) is 0 Å². The van der Waals surface area contributed by atoms with Crippen LogP contribution in [0.25, 0.3) is 6.08 Å². The Bertz CT molecular complexity index is 351. The van der Waals surface area contributed by atoms with Crippen molar-refractivity contribution >= 4 is 22.0 Å². The summed E-state index contributed by atoms with van der Waals surface area (Å²) in [5, 5.41) is 17.7. The Morgan fingerprint density at radius 2 is 2.38 bits per heavy atom. The van der Waals surface area contributed by atoms with E-state index >= 15 is 0 Å². The summed E-state index contributed by atoms with van der Waals surface area (Å²) in [7, 11) is 1.66. The predicted molar refractivity (Wildman–Crippen MR) is 49.3 cm³/mol. The summed E-state index contributed by atoms with van der Waals surface area (Å²) in [4.78, 5) is 9.86. The van der Waals surface area contributed by atoms with Gasteiger partial charge in [0.25, 0.3) is 0 Å². The summed E-state index contributed by atoms with van der Waals surface area (Å²) in [5.41, 5.74) is 0.625. The third-order valence-electron chi connectivity index (χ3n) is 1.46. The molecule has 70 valence electrons. The molecule has 0 radical (unpaired) electrons. The number of nitrogens with zero attached hydrogens (tertiary/aromatic N) is 4. The molecule has 1 rings (SSSR count). The van der Waals surface area contributed by atoms with E-state index in [0.717, 1.165) is 0 Å². The molecule has 1 heterocycles. The van der Waals surface area contributed by atoms with Gasteiger partial charge in [-0.05, 0) is 15.9 Å². The fourth-order valence-electron chi connectivity index (χ4n) is 0.743. The smallest absolute Gasteiger partial charge is 0.245 e. The first kappa shape index (κ1) is 9.85. The first-order valence-electron chi connectivity index (χ1n) is 3.40. The van der Waals surface area contributed by atoms with E-state index in [1.54, 1.807) is 7.05 Å². The molecule has 0 N–H and O–H groups in total. The Morgan fingerprint density at radius 3 is 2.77 bits per heavy atom. The average Bonchev–Trinajstić information content (AvgIpc) is 2.35. The van der Waals surface area contributed by atoms with E-state index in [9.17, 15) is 10.1 Å². The van der Waals surface area contributed by atoms with Gasteiger partial charge in [0, 0.05) is 20.0 Å². The van der Waals surface area contributed by atoms with Gasteiger partial charge in [0.05, 0.1) is 4.92 Å². The number of hydrogen-bond donors (Lipinski definition) is 0. The fraction of sp³-hybridized carbons (Fsp3) is 0.333. The van der Waals surface area contributed by atoms with E-state index < -0.39 is 4.92 Å². The first-order valence-corrected chi connectivity index (χ1v) is 4.19. The molecule has 0 saturated heterocycles. The lowest BCUT2D eigenvalue weighted by Crippen LogP contribution is -1.97. The van der Waals surface area contributed by atoms with Gasteiger partial charge in [-0.2, -0.15) is 0 Å². The maximum Gasteiger partial charge on any atom is 0.245 e. The van der Waals surface area contributed by atoms with Crippen LogP contribution >= 0.6 is 15.9 Å². The highest BCUT2D eigenvalue weighted by Gasteiger charge is 2.09. The van der Waals surface area contributed by atoms with Crippen molar-refractivity contribution in [2.75, 3.05) is 0 Å². The van der Waals surface area contributed by atoms with Crippen LogP contribution in [0.4, 0.5) is 0 Å². The van der Waals surface area contributed by atoms with Crippen LogP contribution < -0.4 is 0 Å². The molecular formula is C6H7BrN4O2. The Morgan fingerprint density at radius 1 is 1.77 bits per heavy atom. The molecule has 6 nitrogen and oxygen atoms in total. The normalized spacial score (nSPS) is 11.8. The summed E-state index contributed by atoms with van der Waals surface area (Å²) in [6.07, 6.45) is 1.41. The van der Waals surface area contributed by atoms with E-state index in [2.05, 4.69) is 26.2 Å². The van der Waals surface area contributed by atoms with Crippen LogP contribution in [-0.4, -0.2) is 19.9 Å². The molecule has 0 aliphatic heterocycles. The van der Waals surface area contributed by atoms with E-state index in [0.29, 0.717) is 10.3 Å². The molecule has 13 heavy (non-hydrogen) atoms. The third kappa shape index (κ3) is 2.11. The summed E-state index contributed by atoms with van der Waals surface area (Å²) in [6, 6.07) is 0. The van der Waals surface area contributed by atoms with Gasteiger partial charge < -0.3 is 0 Å². The zero-order valence-corrected chi connectivity index (χ0v) is 8.65. The number of rotatable bonds is 2. The highest BCUT2D eigenvalue weighted by molar-refractivity contribution is 9.10. The molecule has 0 unspecified atom stereocenters. The molecule has 0 aliphatic rings. The van der Waals surface area contributed by atoms with Crippen molar-refractivity contribution in [1.82, 2.24) is 15.0 Å². The molecular weight excluding hydrogens is 240 g/mol. The van der Waals surface area contributed by atoms with Crippen molar-refractivity contribution in [2.45, 2.75) is 6.92 Å². The lowest BCUT2D eigenvalue weighted by atomic mass is 10.3. The predicted octanol–water partition coefficient (Wildman–Crippen LogP) is 1.22. The van der Waals surface area contributed by atoms with Gasteiger partial charge in [-0.3, -0.25) is 10.1 Å². The number of allylic oxidation sites excluding steroid dienone is 1. The van der Waals surface area contributed by atoms with Gasteiger partial charge >= 0.3 is 0 Å². The van der Waals surface area contributed by atoms with E-state index in [-0.39, 0.29) is 5.70 Å². The van der Waals surface area contributed by atoms with Crippen molar-refractivity contribution in [2.24, 2.45) is 7.05 Å². The van der Waals surface area contributed by atoms with Crippen molar-refractivity contribution in [3.8, 4) is 0 Å². The molecule has 7 heteroatoms. The minimum absolute atomic E-state index is 0.0473. The van der Waals surface area contributed by atoms with Crippen LogP contribution in [0.1, 0.15) is 12.6 Å². The summed E-state index contributed by atoms with van der Waals surface area (Å²) < 4.78 is 1.95. The molecule has 0 fully saturated rings. The SMILES string of the molecule is C/C(=C\c1c(Br)nnn1C)[N+](=O)[O-]. The standard InChI is InChI=1S/C6H7BrN4O2/c1-4(11(12)13)3-5-6(7)8-9-10(5)2/h3H,1-2H3/b4-3+. The molecule has 0 aromatic carbocycles. The molecule has 0 aliphatic carbocycles. The summed E-state index contributed by atoms with van der Waals surface area (Å²) in [5.74, 6) is 0. The summed E-state index contributed by atoms with van der Waals surface area (Å²) in [6.45, 7) is 1.42. The monoisotopic (exact) mass is 246 g/mol. The van der Waals surface area contributed by atoms with E-state index in [1.165, 1.54) is 17.7 Å². The number of aryl methyl sites for hydroxylation is 1. The van der Waals surface area contributed by atoms with Crippen LogP contribution in [0.15, 0.2) is 10.3 Å². The summed E-state index contributed by atoms with van der Waals surface area (Å²) >= 11 is 3.13. The maximum atomic E-state index is 10.3. The quantitative estimate of drug-likeness (QED) is 0.581. The van der Waals surface area contributed by atoms with Gasteiger partial charge in [0.15, 0.2) is 4.60 Å². The number of nitro groups is 1. The topological polar surface area (TPSA) is 73.8 Å². The first-order chi connectivity index (χ1) is 6.02. The lowest BCUT2D eigenvalue weighted by Gasteiger charge is -1.93. The minimum atomic E-state index is -0.459. The largest absolute Gasteiger partial charge is 0.259 e. The van der Waals surface area contributed by atoms with Gasteiger partial charge in [0.2, 0.25) is 5.70 Å². The van der Waals surface area contributed by atoms with Gasteiger partial charge in [0.1, 0.15) is 5.69 Å². The van der Waals surface area contributed by atoms with Crippen LogP contribution in [0.2, 0.25) is 0 Å². The van der Waals surface area contributed by atoms with Crippen LogP contribution in [0, 0.1) is 10.1 Å². The number of aromatic nitrogens is 3. The van der Waals surface area contributed by atoms with Crippen molar-refractivity contribution in [3.05, 3.63) is 26.1 Å². The van der Waals surface area contributed by atoms with Gasteiger partial charge in [-0.1, -0.05) is 5.21 Å². The zero-order valence-electron chi connectivity index (χ0n) is 7.06. The van der Waals surface area contributed by atoms with Crippen LogP contribution in [-0.2, 0) is 7.05 Å². The minimum Gasteiger partial charge on any atom is -0.259 e. The number of hydrogen-bond acceptors (Lipinski definition) is 4. The molecule has 0 spiro atoms. The second kappa shape index (κ2) is 3.65. The average molecular weight is 247 g/mol. The molecule has 0 bridgehead atoms. The Hall–Kier alpha value is -1.24. The molecule has 0 saturated carbocycles. The number of halogens is 1. The molecule has 0 atom stereocenters. The van der Waals surface area contributed by atoms with Crippen molar-refractivity contribution < 1.29 is 4.92 Å². The second-order valence-corrected chi connectivity index (χ2v) is 3.18. The van der Waals surface area contributed by atoms with E-state index in [1.807, 2.05) is 0 Å². The molecule has 1 aromatic rings. The van der Waals surface area contributed by atoms with Gasteiger partial charge in [-0.15, -0.1) is 5.10 Å². The highest BCUT2D eigenvalue weighted by Crippen LogP contribution is 2.15. The zero-order chi connectivity index (χ0) is 10.0. The Labute approximate surface area is 82.5 Å². The Balaban J connectivity index is 3.10. The van der Waals surface area contributed by atoms with Crippen LogP contribution in [0.5, 0.6) is 0 Å². The molecule has 1 aromatic heterocycles. The third-order valence-corrected chi connectivity index (χ3v) is 2.03. The fourth-order valence-corrected chi connectivity index (χ4v) is 1.18. The lowest BCUT2D eigenvalue weighted by molar-refractivity contribution is -0.422. The van der Waals surface area contributed by atoms with Crippen LogP contribution in [0.3, 0.4) is 0 Å².